The van der Waals surface area contributed by atoms with Gasteiger partial charge in [-0.05, 0) is 37.8 Å². The van der Waals surface area contributed by atoms with E-state index in [0.29, 0.717) is 6.42 Å². The number of benzene rings is 1. The molecule has 0 saturated heterocycles. The second kappa shape index (κ2) is 3.93. The standard InChI is InChI=1S/C12H15NO2/c1-8-5-6-10-9(7-8)3-2-4-11(13-10)12(14)15/h5-7,11,13H,2-4H2,1H3,(H,14,15). The van der Waals surface area contributed by atoms with Crippen molar-refractivity contribution in [2.45, 2.75) is 32.2 Å². The molecule has 1 aromatic rings. The Morgan fingerprint density at radius 3 is 3.07 bits per heavy atom. The van der Waals surface area contributed by atoms with Crippen molar-refractivity contribution < 1.29 is 9.90 Å². The number of carbonyl (C=O) groups is 1. The predicted molar refractivity (Wildman–Crippen MR) is 59.2 cm³/mol. The number of carboxylic acids is 1. The Balaban J connectivity index is 2.29. The fourth-order valence-electron chi connectivity index (χ4n) is 2.01. The molecular weight excluding hydrogens is 190 g/mol. The highest BCUT2D eigenvalue weighted by Gasteiger charge is 2.20. The quantitative estimate of drug-likeness (QED) is 0.739. The van der Waals surface area contributed by atoms with Gasteiger partial charge >= 0.3 is 5.97 Å². The second-order valence-electron chi connectivity index (χ2n) is 4.09. The van der Waals surface area contributed by atoms with Gasteiger partial charge in [0.05, 0.1) is 0 Å². The van der Waals surface area contributed by atoms with Gasteiger partial charge in [-0.1, -0.05) is 17.7 Å². The maximum Gasteiger partial charge on any atom is 0.326 e. The summed E-state index contributed by atoms with van der Waals surface area (Å²) in [6, 6.07) is 5.68. The molecule has 0 aromatic heterocycles. The van der Waals surface area contributed by atoms with Crippen LogP contribution in [0.4, 0.5) is 5.69 Å². The van der Waals surface area contributed by atoms with Crippen molar-refractivity contribution in [2.24, 2.45) is 0 Å². The van der Waals surface area contributed by atoms with E-state index in [2.05, 4.69) is 18.3 Å². The molecule has 80 valence electrons. The summed E-state index contributed by atoms with van der Waals surface area (Å²) >= 11 is 0. The van der Waals surface area contributed by atoms with Crippen molar-refractivity contribution in [3.05, 3.63) is 29.3 Å². The first-order valence-electron chi connectivity index (χ1n) is 5.25. The first-order valence-corrected chi connectivity index (χ1v) is 5.25. The molecule has 0 spiro atoms. The highest BCUT2D eigenvalue weighted by atomic mass is 16.4. The molecule has 0 radical (unpaired) electrons. The van der Waals surface area contributed by atoms with Gasteiger partial charge in [-0.3, -0.25) is 0 Å². The van der Waals surface area contributed by atoms with Crippen LogP contribution in [0.1, 0.15) is 24.0 Å². The van der Waals surface area contributed by atoms with E-state index in [1.54, 1.807) is 0 Å². The minimum atomic E-state index is -0.761. The third-order valence-corrected chi connectivity index (χ3v) is 2.83. The fourth-order valence-corrected chi connectivity index (χ4v) is 2.01. The maximum atomic E-state index is 10.9. The van der Waals surface area contributed by atoms with E-state index in [0.717, 1.165) is 18.5 Å². The fraction of sp³-hybridized carbons (Fsp3) is 0.417. The zero-order chi connectivity index (χ0) is 10.8. The lowest BCUT2D eigenvalue weighted by Crippen LogP contribution is -2.28. The zero-order valence-corrected chi connectivity index (χ0v) is 8.79. The second-order valence-corrected chi connectivity index (χ2v) is 4.09. The Morgan fingerprint density at radius 1 is 1.53 bits per heavy atom. The molecule has 0 amide bonds. The van der Waals surface area contributed by atoms with Crippen molar-refractivity contribution in [2.75, 3.05) is 5.32 Å². The third kappa shape index (κ3) is 2.12. The summed E-state index contributed by atoms with van der Waals surface area (Å²) in [5.41, 5.74) is 3.44. The number of hydrogen-bond donors (Lipinski definition) is 2. The smallest absolute Gasteiger partial charge is 0.326 e. The number of hydrogen-bond acceptors (Lipinski definition) is 2. The molecule has 3 nitrogen and oxygen atoms in total. The first-order chi connectivity index (χ1) is 7.16. The van der Waals surface area contributed by atoms with Gasteiger partial charge in [-0.25, -0.2) is 4.79 Å². The number of nitrogens with one attached hydrogen (secondary N) is 1. The maximum absolute atomic E-state index is 10.9. The van der Waals surface area contributed by atoms with Gasteiger partial charge in [0, 0.05) is 5.69 Å². The van der Waals surface area contributed by atoms with Crippen molar-refractivity contribution in [3.8, 4) is 0 Å². The molecule has 1 unspecified atom stereocenters. The van der Waals surface area contributed by atoms with Gasteiger partial charge in [0.15, 0.2) is 0 Å². The number of carboxylic acid groups (broad SMARTS) is 1. The molecular formula is C12H15NO2. The summed E-state index contributed by atoms with van der Waals surface area (Å²) < 4.78 is 0. The Morgan fingerprint density at radius 2 is 2.33 bits per heavy atom. The zero-order valence-electron chi connectivity index (χ0n) is 8.79. The van der Waals surface area contributed by atoms with Crippen molar-refractivity contribution in [1.29, 1.82) is 0 Å². The molecule has 1 aromatic carbocycles. The van der Waals surface area contributed by atoms with Gasteiger partial charge in [0.25, 0.3) is 0 Å². The van der Waals surface area contributed by atoms with Crippen LogP contribution in [0.2, 0.25) is 0 Å². The monoisotopic (exact) mass is 205 g/mol. The average Bonchev–Trinajstić information content (AvgIpc) is 2.39. The van der Waals surface area contributed by atoms with E-state index in [-0.39, 0.29) is 0 Å². The predicted octanol–water partition coefficient (Wildman–Crippen LogP) is 2.20. The van der Waals surface area contributed by atoms with Gasteiger partial charge in [0.2, 0.25) is 0 Å². The summed E-state index contributed by atoms with van der Waals surface area (Å²) in [5, 5.41) is 12.1. The first kappa shape index (κ1) is 10.0. The van der Waals surface area contributed by atoms with Crippen molar-refractivity contribution in [1.82, 2.24) is 0 Å². The molecule has 0 saturated carbocycles. The van der Waals surface area contributed by atoms with Crippen molar-refractivity contribution in [3.63, 3.8) is 0 Å². The Hall–Kier alpha value is -1.51. The molecule has 2 rings (SSSR count). The summed E-state index contributed by atoms with van der Waals surface area (Å²) in [6.07, 6.45) is 2.59. The SMILES string of the molecule is Cc1ccc2c(c1)CCCC(C(=O)O)N2. The number of aliphatic carboxylic acids is 1. The van der Waals surface area contributed by atoms with Crippen LogP contribution >= 0.6 is 0 Å². The highest BCUT2D eigenvalue weighted by Crippen LogP contribution is 2.24. The van der Waals surface area contributed by atoms with Crippen LogP contribution in [0.25, 0.3) is 0 Å². The van der Waals surface area contributed by atoms with Crippen LogP contribution in [-0.2, 0) is 11.2 Å². The van der Waals surface area contributed by atoms with Crippen LogP contribution < -0.4 is 5.32 Å². The average molecular weight is 205 g/mol. The summed E-state index contributed by atoms with van der Waals surface area (Å²) in [5.74, 6) is -0.761. The number of fused-ring (bicyclic) bond motifs is 1. The lowest BCUT2D eigenvalue weighted by Gasteiger charge is -2.13. The Bertz CT molecular complexity index is 387. The van der Waals surface area contributed by atoms with Crippen LogP contribution in [0.3, 0.4) is 0 Å². The van der Waals surface area contributed by atoms with E-state index in [9.17, 15) is 4.79 Å². The van der Waals surface area contributed by atoms with E-state index in [4.69, 9.17) is 5.11 Å². The lowest BCUT2D eigenvalue weighted by molar-refractivity contribution is -0.138. The molecule has 15 heavy (non-hydrogen) atoms. The summed E-state index contributed by atoms with van der Waals surface area (Å²) in [4.78, 5) is 10.9. The molecule has 1 atom stereocenters. The number of aryl methyl sites for hydroxylation is 2. The molecule has 0 aliphatic carbocycles. The minimum Gasteiger partial charge on any atom is -0.480 e. The molecule has 1 heterocycles. The third-order valence-electron chi connectivity index (χ3n) is 2.83. The normalized spacial score (nSPS) is 19.9. The van der Waals surface area contributed by atoms with Crippen LogP contribution in [-0.4, -0.2) is 17.1 Å². The van der Waals surface area contributed by atoms with Gasteiger partial charge < -0.3 is 10.4 Å². The minimum absolute atomic E-state index is 0.436. The summed E-state index contributed by atoms with van der Waals surface area (Å²) in [6.45, 7) is 2.06. The Labute approximate surface area is 89.1 Å². The van der Waals surface area contributed by atoms with Crippen LogP contribution in [0.5, 0.6) is 0 Å². The van der Waals surface area contributed by atoms with Gasteiger partial charge in [-0.2, -0.15) is 0 Å². The highest BCUT2D eigenvalue weighted by molar-refractivity contribution is 5.78. The summed E-state index contributed by atoms with van der Waals surface area (Å²) in [7, 11) is 0. The molecule has 1 aliphatic heterocycles. The van der Waals surface area contributed by atoms with E-state index >= 15 is 0 Å². The molecule has 0 bridgehead atoms. The molecule has 1 aliphatic rings. The number of anilines is 1. The van der Waals surface area contributed by atoms with Gasteiger partial charge in [0.1, 0.15) is 6.04 Å². The van der Waals surface area contributed by atoms with Gasteiger partial charge in [-0.15, -0.1) is 0 Å². The van der Waals surface area contributed by atoms with Crippen LogP contribution in [0.15, 0.2) is 18.2 Å². The lowest BCUT2D eigenvalue weighted by atomic mass is 10.0. The molecule has 2 N–H and O–H groups in total. The van der Waals surface area contributed by atoms with E-state index < -0.39 is 12.0 Å². The van der Waals surface area contributed by atoms with Crippen LogP contribution in [0, 0.1) is 6.92 Å². The molecule has 3 heteroatoms. The van der Waals surface area contributed by atoms with E-state index in [1.807, 2.05) is 12.1 Å². The Kier molecular flexibility index (Phi) is 2.62. The number of rotatable bonds is 1. The van der Waals surface area contributed by atoms with Crippen molar-refractivity contribution >= 4 is 11.7 Å². The topological polar surface area (TPSA) is 49.3 Å². The molecule has 0 fully saturated rings. The largest absolute Gasteiger partial charge is 0.480 e. The van der Waals surface area contributed by atoms with E-state index in [1.165, 1.54) is 11.1 Å².